The maximum atomic E-state index is 13.9. The summed E-state index contributed by atoms with van der Waals surface area (Å²) < 4.78 is 0. The molecule has 2 N–H and O–H groups in total. The summed E-state index contributed by atoms with van der Waals surface area (Å²) in [5.74, 6) is -1.09. The van der Waals surface area contributed by atoms with Gasteiger partial charge < -0.3 is 20.4 Å². The van der Waals surface area contributed by atoms with Gasteiger partial charge in [0.15, 0.2) is 5.78 Å². The van der Waals surface area contributed by atoms with Gasteiger partial charge >= 0.3 is 0 Å². The Bertz CT molecular complexity index is 1170. The minimum absolute atomic E-state index is 0.0419. The van der Waals surface area contributed by atoms with Gasteiger partial charge in [-0.2, -0.15) is 0 Å². The van der Waals surface area contributed by atoms with E-state index in [2.05, 4.69) is 31.4 Å². The molecule has 2 aliphatic heterocycles. The highest BCUT2D eigenvalue weighted by atomic mass is 16.2. The minimum Gasteiger partial charge on any atom is -0.344 e. The number of benzene rings is 1. The van der Waals surface area contributed by atoms with Crippen LogP contribution in [-0.2, 0) is 24.6 Å². The van der Waals surface area contributed by atoms with E-state index in [1.807, 2.05) is 26.0 Å². The molecule has 4 unspecified atom stereocenters. The van der Waals surface area contributed by atoms with E-state index in [-0.39, 0.29) is 53.2 Å². The van der Waals surface area contributed by atoms with Crippen molar-refractivity contribution < 1.29 is 24.0 Å². The van der Waals surface area contributed by atoms with Crippen LogP contribution in [0.5, 0.6) is 0 Å². The zero-order valence-corrected chi connectivity index (χ0v) is 25.4. The topological polar surface area (TPSA) is 116 Å². The third kappa shape index (κ3) is 6.81. The van der Waals surface area contributed by atoms with Crippen LogP contribution in [0.2, 0.25) is 0 Å². The van der Waals surface area contributed by atoms with Gasteiger partial charge in [-0.15, -0.1) is 0 Å². The van der Waals surface area contributed by atoms with Crippen molar-refractivity contribution >= 4 is 29.4 Å². The number of amides is 4. The molecule has 4 rings (SSSR count). The van der Waals surface area contributed by atoms with Gasteiger partial charge in [0, 0.05) is 19.0 Å². The van der Waals surface area contributed by atoms with Crippen molar-refractivity contribution in [3.63, 3.8) is 0 Å². The van der Waals surface area contributed by atoms with E-state index in [0.717, 1.165) is 31.2 Å². The molecule has 0 bridgehead atoms. The normalized spacial score (nSPS) is 22.6. The van der Waals surface area contributed by atoms with Gasteiger partial charge in [-0.3, -0.25) is 24.0 Å². The fraction of sp³-hybridized carbons (Fsp3) is 0.656. The fourth-order valence-electron chi connectivity index (χ4n) is 6.68. The molecule has 1 aromatic rings. The summed E-state index contributed by atoms with van der Waals surface area (Å²) in [6, 6.07) is 4.83. The Morgan fingerprint density at radius 1 is 0.927 bits per heavy atom. The van der Waals surface area contributed by atoms with E-state index in [4.69, 9.17) is 0 Å². The summed E-state index contributed by atoms with van der Waals surface area (Å²) in [4.78, 5) is 69.2. The van der Waals surface area contributed by atoms with Crippen molar-refractivity contribution in [2.75, 3.05) is 13.1 Å². The second kappa shape index (κ2) is 12.3. The smallest absolute Gasteiger partial charge is 0.251 e. The highest BCUT2D eigenvalue weighted by molar-refractivity contribution is 6.01. The molecule has 1 aromatic carbocycles. The first kappa shape index (κ1) is 30.7. The lowest BCUT2D eigenvalue weighted by molar-refractivity contribution is -0.139. The third-order valence-electron chi connectivity index (χ3n) is 8.81. The van der Waals surface area contributed by atoms with Crippen LogP contribution in [0.1, 0.15) is 96.0 Å². The van der Waals surface area contributed by atoms with Gasteiger partial charge in [0.05, 0.1) is 12.6 Å². The quantitative estimate of drug-likeness (QED) is 0.502. The van der Waals surface area contributed by atoms with Crippen LogP contribution in [0.4, 0.5) is 0 Å². The summed E-state index contributed by atoms with van der Waals surface area (Å²) in [7, 11) is 0. The number of hydrogen-bond donors (Lipinski definition) is 2. The summed E-state index contributed by atoms with van der Waals surface area (Å²) in [6.07, 6.45) is 4.69. The molecule has 224 valence electrons. The van der Waals surface area contributed by atoms with E-state index in [9.17, 15) is 24.0 Å². The largest absolute Gasteiger partial charge is 0.344 e. The number of Topliss-reactive ketones (excluding diaryl/α,β-unsaturated/α-hetero) is 1. The SMILES string of the molecule is CC(=O)NC(C(=O)N1CC(=O)C2C1CCN2C(=O)C(CC(C)C)NC(=O)c1ccc(C(C)(C)C)cc1)C1CCCC1. The number of fused-ring (bicyclic) bond motifs is 1. The van der Waals surface area contributed by atoms with Crippen molar-refractivity contribution in [2.45, 2.75) is 110 Å². The number of ketones is 1. The first-order chi connectivity index (χ1) is 19.3. The molecule has 41 heavy (non-hydrogen) atoms. The molecule has 4 amide bonds. The van der Waals surface area contributed by atoms with Crippen LogP contribution >= 0.6 is 0 Å². The van der Waals surface area contributed by atoms with Crippen molar-refractivity contribution in [3.8, 4) is 0 Å². The maximum Gasteiger partial charge on any atom is 0.251 e. The number of likely N-dealkylation sites (tertiary alicyclic amines) is 2. The standard InChI is InChI=1S/C32H46N4O5/c1-19(2)17-24(34-29(39)22-11-13-23(14-12-22)32(4,5)6)30(40)35-16-15-25-28(35)26(38)18-36(25)31(41)27(33-20(3)37)21-9-7-8-10-21/h11-14,19,21,24-25,27-28H,7-10,15-18H2,1-6H3,(H,33,37)(H,34,39). The Balaban J connectivity index is 1.49. The average molecular weight is 567 g/mol. The van der Waals surface area contributed by atoms with Crippen molar-refractivity contribution in [1.82, 2.24) is 20.4 Å². The first-order valence-corrected chi connectivity index (χ1v) is 15.1. The monoisotopic (exact) mass is 566 g/mol. The zero-order valence-electron chi connectivity index (χ0n) is 25.4. The van der Waals surface area contributed by atoms with Crippen molar-refractivity contribution in [1.29, 1.82) is 0 Å². The first-order valence-electron chi connectivity index (χ1n) is 15.1. The maximum absolute atomic E-state index is 13.9. The average Bonchev–Trinajstić information content (AvgIpc) is 3.64. The van der Waals surface area contributed by atoms with E-state index < -0.39 is 24.2 Å². The molecule has 1 aliphatic carbocycles. The lowest BCUT2D eigenvalue weighted by atomic mass is 9.86. The molecule has 3 aliphatic rings. The highest BCUT2D eigenvalue weighted by Crippen LogP contribution is 2.34. The molecule has 2 heterocycles. The summed E-state index contributed by atoms with van der Waals surface area (Å²) in [5.41, 5.74) is 1.54. The Morgan fingerprint density at radius 2 is 1.56 bits per heavy atom. The number of nitrogens with zero attached hydrogens (tertiary/aromatic N) is 2. The second-order valence-electron chi connectivity index (χ2n) is 13.5. The minimum atomic E-state index is -0.785. The van der Waals surface area contributed by atoms with Crippen LogP contribution in [0.25, 0.3) is 0 Å². The van der Waals surface area contributed by atoms with E-state index in [1.165, 1.54) is 6.92 Å². The predicted molar refractivity (Wildman–Crippen MR) is 156 cm³/mol. The Hall–Kier alpha value is -3.23. The molecule has 4 atom stereocenters. The van der Waals surface area contributed by atoms with Crippen molar-refractivity contribution in [3.05, 3.63) is 35.4 Å². The number of hydrogen-bond acceptors (Lipinski definition) is 5. The summed E-state index contributed by atoms with van der Waals surface area (Å²) in [5, 5.41) is 5.78. The van der Waals surface area contributed by atoms with E-state index >= 15 is 0 Å². The Kier molecular flexibility index (Phi) is 9.24. The number of rotatable bonds is 8. The van der Waals surface area contributed by atoms with Gasteiger partial charge in [0.1, 0.15) is 18.1 Å². The van der Waals surface area contributed by atoms with Gasteiger partial charge in [0.25, 0.3) is 5.91 Å². The number of nitrogens with one attached hydrogen (secondary N) is 2. The van der Waals surface area contributed by atoms with Crippen LogP contribution in [-0.4, -0.2) is 76.5 Å². The number of carbonyl (C=O) groups is 5. The molecule has 3 fully saturated rings. The summed E-state index contributed by atoms with van der Waals surface area (Å²) in [6.45, 7) is 12.0. The molecule has 0 spiro atoms. The molecular weight excluding hydrogens is 520 g/mol. The molecule has 9 heteroatoms. The van der Waals surface area contributed by atoms with E-state index in [0.29, 0.717) is 24.9 Å². The molecule has 0 aromatic heterocycles. The van der Waals surface area contributed by atoms with Gasteiger partial charge in [-0.05, 0) is 60.6 Å². The molecule has 0 radical (unpaired) electrons. The fourth-order valence-corrected chi connectivity index (χ4v) is 6.68. The molecule has 9 nitrogen and oxygen atoms in total. The van der Waals surface area contributed by atoms with Gasteiger partial charge in [0.2, 0.25) is 17.7 Å². The molecular formula is C32H46N4O5. The molecule has 1 saturated carbocycles. The van der Waals surface area contributed by atoms with Crippen LogP contribution in [0.3, 0.4) is 0 Å². The number of carbonyl (C=O) groups excluding carboxylic acids is 5. The van der Waals surface area contributed by atoms with Crippen molar-refractivity contribution in [2.24, 2.45) is 11.8 Å². The third-order valence-corrected chi connectivity index (χ3v) is 8.81. The van der Waals surface area contributed by atoms with Crippen LogP contribution in [0.15, 0.2) is 24.3 Å². The zero-order chi connectivity index (χ0) is 30.1. The predicted octanol–water partition coefficient (Wildman–Crippen LogP) is 3.20. The Labute approximate surface area is 243 Å². The highest BCUT2D eigenvalue weighted by Gasteiger charge is 2.53. The van der Waals surface area contributed by atoms with Crippen LogP contribution < -0.4 is 10.6 Å². The van der Waals surface area contributed by atoms with E-state index in [1.54, 1.807) is 21.9 Å². The second-order valence-corrected chi connectivity index (χ2v) is 13.5. The van der Waals surface area contributed by atoms with Crippen LogP contribution in [0, 0.1) is 11.8 Å². The molecule has 2 saturated heterocycles. The lowest BCUT2D eigenvalue weighted by Crippen LogP contribution is -2.54. The van der Waals surface area contributed by atoms with Gasteiger partial charge in [-0.25, -0.2) is 0 Å². The Morgan fingerprint density at radius 3 is 2.12 bits per heavy atom. The summed E-state index contributed by atoms with van der Waals surface area (Å²) >= 11 is 0. The van der Waals surface area contributed by atoms with Gasteiger partial charge in [-0.1, -0.05) is 59.6 Å². The lowest BCUT2D eigenvalue weighted by Gasteiger charge is -2.31.